The summed E-state index contributed by atoms with van der Waals surface area (Å²) in [6.07, 6.45) is 3.43. The molecule has 2 amide bonds. The summed E-state index contributed by atoms with van der Waals surface area (Å²) in [7, 11) is 1.75. The van der Waals surface area contributed by atoms with Gasteiger partial charge in [-0.3, -0.25) is 10.3 Å². The van der Waals surface area contributed by atoms with Gasteiger partial charge in [0, 0.05) is 36.9 Å². The minimum absolute atomic E-state index is 0.184. The smallest absolute Gasteiger partial charge is 0.323 e. The molecule has 2 aromatic heterocycles. The fraction of sp³-hybridized carbons (Fsp3) is 0.118. The van der Waals surface area contributed by atoms with E-state index in [9.17, 15) is 4.79 Å². The lowest BCUT2D eigenvalue weighted by molar-refractivity contribution is 0.220. The van der Waals surface area contributed by atoms with Crippen molar-refractivity contribution in [1.82, 2.24) is 14.9 Å². The zero-order valence-electron chi connectivity index (χ0n) is 12.6. The fourth-order valence-electron chi connectivity index (χ4n) is 2.09. The molecule has 0 saturated carbocycles. The van der Waals surface area contributed by atoms with Crippen LogP contribution in [0.15, 0.2) is 60.2 Å². The first-order valence-electron chi connectivity index (χ1n) is 7.14. The maximum atomic E-state index is 12.2. The van der Waals surface area contributed by atoms with Crippen LogP contribution >= 0.6 is 11.3 Å². The van der Waals surface area contributed by atoms with E-state index in [4.69, 9.17) is 0 Å². The number of nitrogens with one attached hydrogen (secondary N) is 1. The third kappa shape index (κ3) is 3.92. The predicted molar refractivity (Wildman–Crippen MR) is 92.3 cm³/mol. The summed E-state index contributed by atoms with van der Waals surface area (Å²) in [4.78, 5) is 22.3. The molecule has 1 N–H and O–H groups in total. The second-order valence-corrected chi connectivity index (χ2v) is 5.90. The van der Waals surface area contributed by atoms with E-state index in [1.807, 2.05) is 47.8 Å². The van der Waals surface area contributed by atoms with Gasteiger partial charge in [-0.05, 0) is 17.7 Å². The minimum atomic E-state index is -0.184. The summed E-state index contributed by atoms with van der Waals surface area (Å²) in [5.41, 5.74) is 2.93. The van der Waals surface area contributed by atoms with Crippen LogP contribution in [-0.2, 0) is 6.54 Å². The summed E-state index contributed by atoms with van der Waals surface area (Å²) in [5.74, 6) is 0. The monoisotopic (exact) mass is 324 g/mol. The van der Waals surface area contributed by atoms with E-state index in [0.29, 0.717) is 11.7 Å². The molecular weight excluding hydrogens is 308 g/mol. The molecule has 6 heteroatoms. The first-order chi connectivity index (χ1) is 11.2. The normalized spacial score (nSPS) is 10.3. The molecule has 0 aliphatic heterocycles. The Hall–Kier alpha value is -2.73. The lowest BCUT2D eigenvalue weighted by atomic mass is 10.2. The lowest BCUT2D eigenvalue weighted by Gasteiger charge is -2.16. The topological polar surface area (TPSA) is 58.1 Å². The summed E-state index contributed by atoms with van der Waals surface area (Å²) in [5, 5.41) is 5.36. The van der Waals surface area contributed by atoms with E-state index < -0.39 is 0 Å². The maximum Gasteiger partial charge on any atom is 0.323 e. The van der Waals surface area contributed by atoms with Crippen molar-refractivity contribution >= 4 is 22.5 Å². The molecule has 0 saturated heterocycles. The highest BCUT2D eigenvalue weighted by Gasteiger charge is 2.12. The average molecular weight is 324 g/mol. The Labute approximate surface area is 138 Å². The van der Waals surface area contributed by atoms with E-state index in [0.717, 1.165) is 16.8 Å². The van der Waals surface area contributed by atoms with E-state index in [2.05, 4.69) is 15.3 Å². The van der Waals surface area contributed by atoms with Crippen LogP contribution in [0.3, 0.4) is 0 Å². The predicted octanol–water partition coefficient (Wildman–Crippen LogP) is 3.87. The molecule has 3 rings (SSSR count). The average Bonchev–Trinajstić information content (AvgIpc) is 3.05. The number of anilines is 1. The quantitative estimate of drug-likeness (QED) is 0.792. The van der Waals surface area contributed by atoms with Gasteiger partial charge in [-0.1, -0.05) is 30.3 Å². The number of amides is 2. The first-order valence-corrected chi connectivity index (χ1v) is 8.02. The Kier molecular flexibility index (Phi) is 4.63. The van der Waals surface area contributed by atoms with Crippen LogP contribution in [0.5, 0.6) is 0 Å². The molecule has 1 aromatic carbocycles. The van der Waals surface area contributed by atoms with Crippen LogP contribution in [0, 0.1) is 0 Å². The van der Waals surface area contributed by atoms with Crippen molar-refractivity contribution in [2.45, 2.75) is 6.54 Å². The Morgan fingerprint density at radius 2 is 1.91 bits per heavy atom. The number of benzene rings is 1. The highest BCUT2D eigenvalue weighted by molar-refractivity contribution is 7.14. The minimum Gasteiger partial charge on any atom is -0.323 e. The number of thiazole rings is 1. The molecule has 0 bridgehead atoms. The fourth-order valence-corrected chi connectivity index (χ4v) is 2.80. The molecule has 5 nitrogen and oxygen atoms in total. The number of carbonyl (C=O) groups is 1. The second kappa shape index (κ2) is 7.02. The maximum absolute atomic E-state index is 12.2. The van der Waals surface area contributed by atoms with Crippen LogP contribution in [0.2, 0.25) is 0 Å². The first kappa shape index (κ1) is 15.2. The third-order valence-electron chi connectivity index (χ3n) is 3.30. The number of hydrogen-bond donors (Lipinski definition) is 1. The van der Waals surface area contributed by atoms with Crippen molar-refractivity contribution in [2.75, 3.05) is 12.4 Å². The highest BCUT2D eigenvalue weighted by Crippen LogP contribution is 2.24. The molecule has 0 radical (unpaired) electrons. The number of rotatable bonds is 4. The van der Waals surface area contributed by atoms with Gasteiger partial charge in [-0.15, -0.1) is 11.3 Å². The number of aromatic nitrogens is 2. The van der Waals surface area contributed by atoms with Gasteiger partial charge < -0.3 is 4.90 Å². The molecule has 0 spiro atoms. The molecule has 3 aromatic rings. The van der Waals surface area contributed by atoms with Gasteiger partial charge in [-0.25, -0.2) is 9.78 Å². The van der Waals surface area contributed by atoms with Gasteiger partial charge in [-0.2, -0.15) is 0 Å². The Morgan fingerprint density at radius 3 is 2.65 bits per heavy atom. The van der Waals surface area contributed by atoms with E-state index >= 15 is 0 Å². The van der Waals surface area contributed by atoms with E-state index in [1.54, 1.807) is 24.3 Å². The van der Waals surface area contributed by atoms with Crippen molar-refractivity contribution in [3.05, 3.63) is 65.8 Å². The lowest BCUT2D eigenvalue weighted by Crippen LogP contribution is -2.30. The molecule has 0 aliphatic carbocycles. The zero-order valence-corrected chi connectivity index (χ0v) is 13.5. The van der Waals surface area contributed by atoms with Crippen LogP contribution in [0.4, 0.5) is 9.93 Å². The van der Waals surface area contributed by atoms with Crippen molar-refractivity contribution in [2.24, 2.45) is 0 Å². The van der Waals surface area contributed by atoms with Gasteiger partial charge in [0.1, 0.15) is 0 Å². The van der Waals surface area contributed by atoms with Gasteiger partial charge in [0.15, 0.2) is 5.13 Å². The molecule has 0 atom stereocenters. The van der Waals surface area contributed by atoms with Gasteiger partial charge in [0.05, 0.1) is 5.69 Å². The second-order valence-electron chi connectivity index (χ2n) is 5.05. The number of urea groups is 1. The van der Waals surface area contributed by atoms with Crippen molar-refractivity contribution in [3.8, 4) is 11.3 Å². The van der Waals surface area contributed by atoms with Crippen LogP contribution in [-0.4, -0.2) is 27.9 Å². The Bertz CT molecular complexity index is 774. The standard InChI is InChI=1S/C17H16N4OS/c1-21(11-13-7-9-18-10-8-13)17(22)20-16-19-15(12-23-16)14-5-3-2-4-6-14/h2-10,12H,11H2,1H3,(H,19,20,22). The Balaban J connectivity index is 1.63. The largest absolute Gasteiger partial charge is 0.323 e. The van der Waals surface area contributed by atoms with Crippen molar-refractivity contribution in [1.29, 1.82) is 0 Å². The molecule has 2 heterocycles. The zero-order chi connectivity index (χ0) is 16.1. The number of carbonyl (C=O) groups excluding carboxylic acids is 1. The summed E-state index contributed by atoms with van der Waals surface area (Å²) < 4.78 is 0. The molecule has 0 aliphatic rings. The molecule has 0 fully saturated rings. The van der Waals surface area contributed by atoms with Crippen LogP contribution in [0.25, 0.3) is 11.3 Å². The number of hydrogen-bond acceptors (Lipinski definition) is 4. The molecular formula is C17H16N4OS. The summed E-state index contributed by atoms with van der Waals surface area (Å²) >= 11 is 1.42. The number of nitrogens with zero attached hydrogens (tertiary/aromatic N) is 3. The van der Waals surface area contributed by atoms with Crippen LogP contribution in [0.1, 0.15) is 5.56 Å². The van der Waals surface area contributed by atoms with E-state index in [-0.39, 0.29) is 6.03 Å². The van der Waals surface area contributed by atoms with Gasteiger partial charge in [0.2, 0.25) is 0 Å². The molecule has 23 heavy (non-hydrogen) atoms. The SMILES string of the molecule is CN(Cc1ccncc1)C(=O)Nc1nc(-c2ccccc2)cs1. The molecule has 116 valence electrons. The number of pyridine rings is 1. The Morgan fingerprint density at radius 1 is 1.17 bits per heavy atom. The van der Waals surface area contributed by atoms with Gasteiger partial charge >= 0.3 is 6.03 Å². The molecule has 0 unspecified atom stereocenters. The summed E-state index contributed by atoms with van der Waals surface area (Å²) in [6.45, 7) is 0.519. The van der Waals surface area contributed by atoms with Crippen molar-refractivity contribution < 1.29 is 4.79 Å². The van der Waals surface area contributed by atoms with Gasteiger partial charge in [0.25, 0.3) is 0 Å². The van der Waals surface area contributed by atoms with E-state index in [1.165, 1.54) is 11.3 Å². The highest BCUT2D eigenvalue weighted by atomic mass is 32.1. The summed E-state index contributed by atoms with van der Waals surface area (Å²) in [6, 6.07) is 13.5. The van der Waals surface area contributed by atoms with Crippen LogP contribution < -0.4 is 5.32 Å². The van der Waals surface area contributed by atoms with Crippen molar-refractivity contribution in [3.63, 3.8) is 0 Å². The third-order valence-corrected chi connectivity index (χ3v) is 4.06.